The van der Waals surface area contributed by atoms with Crippen LogP contribution >= 0.6 is 0 Å². The fraction of sp³-hybridized carbons (Fsp3) is 0.471. The average Bonchev–Trinajstić information content (AvgIpc) is 3.24. The van der Waals surface area contributed by atoms with E-state index in [0.29, 0.717) is 18.2 Å². The van der Waals surface area contributed by atoms with Gasteiger partial charge in [0.1, 0.15) is 24.2 Å². The van der Waals surface area contributed by atoms with Crippen LogP contribution in [0.5, 0.6) is 5.75 Å². The van der Waals surface area contributed by atoms with E-state index in [1.165, 1.54) is 0 Å². The maximum atomic E-state index is 11.6. The largest absolute Gasteiger partial charge is 0.486 e. The van der Waals surface area contributed by atoms with Crippen molar-refractivity contribution in [2.24, 2.45) is 5.92 Å². The second-order valence-electron chi connectivity index (χ2n) is 6.50. The molecule has 0 spiro atoms. The Balaban J connectivity index is 1.93. The molecular weight excluding hydrogens is 346 g/mol. The van der Waals surface area contributed by atoms with Gasteiger partial charge in [-0.15, -0.1) is 0 Å². The molecule has 0 radical (unpaired) electrons. The first-order valence-electron chi connectivity index (χ1n) is 8.11. The number of aromatic nitrogens is 1. The predicted molar refractivity (Wildman–Crippen MR) is 92.5 cm³/mol. The lowest BCUT2D eigenvalue weighted by atomic mass is 10.2. The molecule has 1 aromatic heterocycles. The first kappa shape index (κ1) is 17.8. The van der Waals surface area contributed by atoms with Gasteiger partial charge in [0.2, 0.25) is 0 Å². The quantitative estimate of drug-likeness (QED) is 0.720. The fourth-order valence-corrected chi connectivity index (χ4v) is 3.22. The predicted octanol–water partition coefficient (Wildman–Crippen LogP) is 2.49. The van der Waals surface area contributed by atoms with Gasteiger partial charge in [-0.2, -0.15) is 8.42 Å². The van der Waals surface area contributed by atoms with Crippen molar-refractivity contribution >= 4 is 27.0 Å². The molecule has 3 rings (SSSR count). The number of hydrogen-bond acceptors (Lipinski definition) is 5. The summed E-state index contributed by atoms with van der Waals surface area (Å²) in [6.45, 7) is 2.24. The minimum Gasteiger partial charge on any atom is -0.486 e. The number of hydrogen-bond donors (Lipinski definition) is 1. The third kappa shape index (κ3) is 4.32. The van der Waals surface area contributed by atoms with Gasteiger partial charge < -0.3 is 14.4 Å². The average molecular weight is 367 g/mol. The van der Waals surface area contributed by atoms with Gasteiger partial charge in [0.05, 0.1) is 11.8 Å². The van der Waals surface area contributed by atoms with Gasteiger partial charge in [-0.1, -0.05) is 12.1 Å². The van der Waals surface area contributed by atoms with Gasteiger partial charge in [-0.05, 0) is 37.8 Å². The summed E-state index contributed by atoms with van der Waals surface area (Å²) in [5.74, 6) is 0.0410. The van der Waals surface area contributed by atoms with Crippen molar-refractivity contribution in [2.45, 2.75) is 32.4 Å². The summed E-state index contributed by atoms with van der Waals surface area (Å²) in [7, 11) is -3.54. The Morgan fingerprint density at radius 2 is 2.12 bits per heavy atom. The summed E-state index contributed by atoms with van der Waals surface area (Å²) >= 11 is 0. The van der Waals surface area contributed by atoms with Gasteiger partial charge in [0, 0.05) is 11.9 Å². The van der Waals surface area contributed by atoms with E-state index in [1.807, 2.05) is 6.07 Å². The summed E-state index contributed by atoms with van der Waals surface area (Å²) in [5, 5.41) is 10.3. The van der Waals surface area contributed by atoms with Crippen LogP contribution in [0, 0.1) is 5.92 Å². The maximum absolute atomic E-state index is 11.6. The Kier molecular flexibility index (Phi) is 4.75. The van der Waals surface area contributed by atoms with E-state index >= 15 is 0 Å². The molecule has 1 saturated carbocycles. The summed E-state index contributed by atoms with van der Waals surface area (Å²) in [6, 6.07) is 7.03. The first-order chi connectivity index (χ1) is 11.7. The van der Waals surface area contributed by atoms with Crippen molar-refractivity contribution in [3.63, 3.8) is 0 Å². The van der Waals surface area contributed by atoms with E-state index in [4.69, 9.17) is 8.92 Å². The Labute approximate surface area is 146 Å². The highest BCUT2D eigenvalue weighted by Crippen LogP contribution is 2.36. The van der Waals surface area contributed by atoms with Crippen molar-refractivity contribution in [2.75, 3.05) is 12.9 Å². The number of para-hydroxylation sites is 1. The van der Waals surface area contributed by atoms with E-state index in [2.05, 4.69) is 0 Å². The van der Waals surface area contributed by atoms with Crippen molar-refractivity contribution in [1.29, 1.82) is 0 Å². The van der Waals surface area contributed by atoms with Crippen LogP contribution in [0.1, 0.15) is 30.3 Å². The molecule has 0 bridgehead atoms. The lowest BCUT2D eigenvalue weighted by molar-refractivity contribution is 0.0685. The number of rotatable bonds is 8. The second kappa shape index (κ2) is 6.68. The zero-order valence-electron chi connectivity index (χ0n) is 14.1. The number of nitrogens with zero attached hydrogens (tertiary/aromatic N) is 1. The minimum absolute atomic E-state index is 0.107. The molecule has 1 heterocycles. The van der Waals surface area contributed by atoms with Gasteiger partial charge in [-0.25, -0.2) is 4.79 Å². The standard InChI is InChI=1S/C17H21NO6S/c1-11(10-23-25(2,21)22)24-15-5-3-4-13-8-14(17(19)20)18(16(13)15)9-12-6-7-12/h3-5,8,11-12H,6-7,9-10H2,1-2H3,(H,19,20)/t11-/m1/s1. The van der Waals surface area contributed by atoms with Gasteiger partial charge in [0.15, 0.2) is 0 Å². The fourth-order valence-electron chi connectivity index (χ4n) is 2.78. The zero-order chi connectivity index (χ0) is 18.2. The second-order valence-corrected chi connectivity index (χ2v) is 8.14. The van der Waals surface area contributed by atoms with Crippen LogP contribution in [-0.4, -0.2) is 43.0 Å². The molecule has 25 heavy (non-hydrogen) atoms. The lowest BCUT2D eigenvalue weighted by Gasteiger charge is -2.17. The molecular formula is C17H21NO6S. The zero-order valence-corrected chi connectivity index (χ0v) is 15.0. The molecule has 1 N–H and O–H groups in total. The molecule has 2 aromatic rings. The molecule has 136 valence electrons. The molecule has 1 aliphatic carbocycles. The van der Waals surface area contributed by atoms with Crippen molar-refractivity contribution in [3.05, 3.63) is 30.0 Å². The summed E-state index contributed by atoms with van der Waals surface area (Å²) < 4.78 is 34.6. The van der Waals surface area contributed by atoms with Crippen LogP contribution < -0.4 is 4.74 Å². The third-order valence-corrected chi connectivity index (χ3v) is 4.65. The number of ether oxygens (including phenoxy) is 1. The van der Waals surface area contributed by atoms with Crippen LogP contribution in [0.15, 0.2) is 24.3 Å². The number of fused-ring (bicyclic) bond motifs is 1. The van der Waals surface area contributed by atoms with Crippen molar-refractivity contribution < 1.29 is 27.2 Å². The van der Waals surface area contributed by atoms with Crippen LogP contribution in [0.4, 0.5) is 0 Å². The Bertz CT molecular complexity index is 897. The van der Waals surface area contributed by atoms with Crippen molar-refractivity contribution in [1.82, 2.24) is 4.57 Å². The van der Waals surface area contributed by atoms with Crippen LogP contribution in [0.3, 0.4) is 0 Å². The number of aromatic carboxylic acids is 1. The summed E-state index contributed by atoms with van der Waals surface area (Å²) in [4.78, 5) is 11.6. The molecule has 7 nitrogen and oxygen atoms in total. The number of carbonyl (C=O) groups is 1. The maximum Gasteiger partial charge on any atom is 0.352 e. The summed E-state index contributed by atoms with van der Waals surface area (Å²) in [6.07, 6.45) is 2.68. The Hall–Kier alpha value is -2.06. The number of benzene rings is 1. The first-order valence-corrected chi connectivity index (χ1v) is 9.93. The highest BCUT2D eigenvalue weighted by Gasteiger charge is 2.26. The van der Waals surface area contributed by atoms with Gasteiger partial charge in [-0.3, -0.25) is 4.18 Å². The Morgan fingerprint density at radius 1 is 1.40 bits per heavy atom. The molecule has 1 aliphatic rings. The van der Waals surface area contributed by atoms with E-state index in [1.54, 1.807) is 29.7 Å². The molecule has 0 amide bonds. The van der Waals surface area contributed by atoms with E-state index in [0.717, 1.165) is 30.0 Å². The molecule has 1 fully saturated rings. The van der Waals surface area contributed by atoms with E-state index in [9.17, 15) is 18.3 Å². The molecule has 0 aliphatic heterocycles. The molecule has 1 aromatic carbocycles. The number of carboxylic acids is 1. The van der Waals surface area contributed by atoms with Gasteiger partial charge >= 0.3 is 5.97 Å². The van der Waals surface area contributed by atoms with E-state index in [-0.39, 0.29) is 12.3 Å². The molecule has 0 unspecified atom stereocenters. The molecule has 0 saturated heterocycles. The lowest BCUT2D eigenvalue weighted by Crippen LogP contribution is -2.21. The molecule has 8 heteroatoms. The summed E-state index contributed by atoms with van der Waals surface area (Å²) in [5.41, 5.74) is 0.955. The number of carboxylic acid groups (broad SMARTS) is 1. The molecule has 1 atom stereocenters. The van der Waals surface area contributed by atoms with Crippen LogP contribution in [0.25, 0.3) is 10.9 Å². The SMILES string of the molecule is C[C@H](COS(C)(=O)=O)Oc1cccc2cc(C(=O)O)n(CC3CC3)c12. The Morgan fingerprint density at radius 3 is 2.72 bits per heavy atom. The van der Waals surface area contributed by atoms with Crippen molar-refractivity contribution in [3.8, 4) is 5.75 Å². The normalized spacial score (nSPS) is 16.1. The topological polar surface area (TPSA) is 94.8 Å². The van der Waals surface area contributed by atoms with Gasteiger partial charge in [0.25, 0.3) is 10.1 Å². The smallest absolute Gasteiger partial charge is 0.352 e. The monoisotopic (exact) mass is 367 g/mol. The highest BCUT2D eigenvalue weighted by atomic mass is 32.2. The minimum atomic E-state index is -3.54. The van der Waals surface area contributed by atoms with Crippen LogP contribution in [0.2, 0.25) is 0 Å². The third-order valence-electron chi connectivity index (χ3n) is 4.08. The highest BCUT2D eigenvalue weighted by molar-refractivity contribution is 7.85. The van der Waals surface area contributed by atoms with Crippen LogP contribution in [-0.2, 0) is 20.8 Å². The van der Waals surface area contributed by atoms with E-state index < -0.39 is 22.2 Å².